The Labute approximate surface area is 45.6 Å². The molecule has 0 fully saturated rings. The third-order valence-electron chi connectivity index (χ3n) is 0.322. The van der Waals surface area contributed by atoms with Crippen LogP contribution in [0.3, 0.4) is 0 Å². The first-order valence-electron chi connectivity index (χ1n) is 1.69. The highest BCUT2D eigenvalue weighted by molar-refractivity contribution is 7.99. The third kappa shape index (κ3) is 5.94. The van der Waals surface area contributed by atoms with Gasteiger partial charge in [-0.15, -0.1) is 11.8 Å². The molecule has 0 radical (unpaired) electrons. The summed E-state index contributed by atoms with van der Waals surface area (Å²) in [6.45, 7) is 0. The second-order valence-electron chi connectivity index (χ2n) is 0.784. The predicted octanol–water partition coefficient (Wildman–Crippen LogP) is 0.366. The first-order chi connectivity index (χ1) is 3.41. The van der Waals surface area contributed by atoms with E-state index in [4.69, 9.17) is 5.26 Å². The van der Waals surface area contributed by atoms with Crippen LogP contribution in [-0.2, 0) is 9.68 Å². The lowest BCUT2D eigenvalue weighted by atomic mass is 10.9. The van der Waals surface area contributed by atoms with Gasteiger partial charge in [-0.05, 0) is 0 Å². The summed E-state index contributed by atoms with van der Waals surface area (Å²) in [7, 11) is 0. The van der Waals surface area contributed by atoms with Crippen molar-refractivity contribution < 1.29 is 14.9 Å². The van der Waals surface area contributed by atoms with E-state index in [1.807, 2.05) is 0 Å². The summed E-state index contributed by atoms with van der Waals surface area (Å²) in [5.41, 5.74) is 0. The summed E-state index contributed by atoms with van der Waals surface area (Å²) < 4.78 is 0. The third-order valence-corrected chi connectivity index (χ3v) is 0.966. The zero-order valence-corrected chi connectivity index (χ0v) is 4.48. The highest BCUT2D eigenvalue weighted by Crippen LogP contribution is 1.94. The second-order valence-corrected chi connectivity index (χ2v) is 1.76. The van der Waals surface area contributed by atoms with Crippen LogP contribution in [0.1, 0.15) is 0 Å². The molecule has 0 aromatic rings. The Morgan fingerprint density at radius 3 is 3.00 bits per heavy atom. The van der Waals surface area contributed by atoms with Crippen molar-refractivity contribution >= 4 is 18.0 Å². The second kappa shape index (κ2) is 5.94. The van der Waals surface area contributed by atoms with Gasteiger partial charge >= 0.3 is 0 Å². The van der Waals surface area contributed by atoms with E-state index in [9.17, 15) is 4.79 Å². The number of carbonyl (C=O) groups is 1. The Morgan fingerprint density at radius 1 is 1.86 bits per heavy atom. The van der Waals surface area contributed by atoms with Crippen LogP contribution in [0.25, 0.3) is 0 Å². The normalized spacial score (nSPS) is 8.71. The molecule has 7 heavy (non-hydrogen) atoms. The molecule has 0 atom stereocenters. The van der Waals surface area contributed by atoms with Crippen LogP contribution < -0.4 is 0 Å². The van der Waals surface area contributed by atoms with Crippen LogP contribution in [-0.4, -0.2) is 23.2 Å². The van der Waals surface area contributed by atoms with E-state index in [1.54, 1.807) is 0 Å². The van der Waals surface area contributed by atoms with Crippen LogP contribution in [0.5, 0.6) is 0 Å². The fourth-order valence-electron chi connectivity index (χ4n) is 0.133. The Balaban J connectivity index is 2.56. The minimum atomic E-state index is 0.165. The lowest BCUT2D eigenvalue weighted by Crippen LogP contribution is -1.84. The standard InChI is InChI=1S/C3H6O3S/c4-1-2-7-3-6-5/h1,5H,2-3H2. The molecule has 4 heteroatoms. The molecule has 0 amide bonds. The molecule has 0 spiro atoms. The van der Waals surface area contributed by atoms with Gasteiger partial charge < -0.3 is 4.79 Å². The fourth-order valence-corrected chi connectivity index (χ4v) is 0.400. The number of aldehydes is 1. The number of carbonyl (C=O) groups excluding carboxylic acids is 1. The molecule has 0 aliphatic heterocycles. The molecule has 1 N–H and O–H groups in total. The fraction of sp³-hybridized carbons (Fsp3) is 0.667. The van der Waals surface area contributed by atoms with Crippen molar-refractivity contribution in [3.8, 4) is 0 Å². The van der Waals surface area contributed by atoms with Gasteiger partial charge in [0.25, 0.3) is 0 Å². The number of hydrogen-bond acceptors (Lipinski definition) is 4. The molecule has 0 bridgehead atoms. The summed E-state index contributed by atoms with van der Waals surface area (Å²) in [4.78, 5) is 13.2. The van der Waals surface area contributed by atoms with Gasteiger partial charge in [0.05, 0.1) is 5.75 Å². The van der Waals surface area contributed by atoms with E-state index in [0.717, 1.165) is 6.29 Å². The molecular weight excluding hydrogens is 116 g/mol. The van der Waals surface area contributed by atoms with E-state index in [0.29, 0.717) is 5.75 Å². The Morgan fingerprint density at radius 2 is 2.57 bits per heavy atom. The van der Waals surface area contributed by atoms with Crippen LogP contribution in [0.15, 0.2) is 0 Å². The molecule has 3 nitrogen and oxygen atoms in total. The Kier molecular flexibility index (Phi) is 5.89. The van der Waals surface area contributed by atoms with Gasteiger partial charge in [0.2, 0.25) is 0 Å². The van der Waals surface area contributed by atoms with Crippen LogP contribution >= 0.6 is 11.8 Å². The molecule has 0 saturated carbocycles. The van der Waals surface area contributed by atoms with Gasteiger partial charge in [-0.25, -0.2) is 4.89 Å². The summed E-state index contributed by atoms with van der Waals surface area (Å²) >= 11 is 1.21. The van der Waals surface area contributed by atoms with Gasteiger partial charge in [-0.2, -0.15) is 0 Å². The smallest absolute Gasteiger partial charge is 0.129 e. The highest BCUT2D eigenvalue weighted by Gasteiger charge is 1.80. The maximum Gasteiger partial charge on any atom is 0.129 e. The average Bonchev–Trinajstić information content (AvgIpc) is 1.69. The van der Waals surface area contributed by atoms with Gasteiger partial charge in [-0.1, -0.05) is 0 Å². The first-order valence-corrected chi connectivity index (χ1v) is 2.85. The van der Waals surface area contributed by atoms with Gasteiger partial charge in [-0.3, -0.25) is 5.26 Å². The number of rotatable bonds is 4. The largest absolute Gasteiger partial charge is 0.302 e. The molecule has 0 aromatic heterocycles. The van der Waals surface area contributed by atoms with E-state index in [2.05, 4.69) is 4.89 Å². The molecule has 0 aliphatic carbocycles. The van der Waals surface area contributed by atoms with Crippen molar-refractivity contribution in [3.63, 3.8) is 0 Å². The van der Waals surface area contributed by atoms with Crippen LogP contribution in [0.2, 0.25) is 0 Å². The molecule has 0 rings (SSSR count). The Bertz CT molecular complexity index is 47.4. The SMILES string of the molecule is O=CCSCOO. The molecule has 0 unspecified atom stereocenters. The lowest BCUT2D eigenvalue weighted by molar-refractivity contribution is -0.222. The minimum absolute atomic E-state index is 0.165. The predicted molar refractivity (Wildman–Crippen MR) is 27.1 cm³/mol. The van der Waals surface area contributed by atoms with Crippen molar-refractivity contribution in [3.05, 3.63) is 0 Å². The lowest BCUT2D eigenvalue weighted by Gasteiger charge is -1.87. The van der Waals surface area contributed by atoms with Crippen LogP contribution in [0.4, 0.5) is 0 Å². The van der Waals surface area contributed by atoms with E-state index < -0.39 is 0 Å². The van der Waals surface area contributed by atoms with Crippen molar-refractivity contribution in [2.75, 3.05) is 11.7 Å². The van der Waals surface area contributed by atoms with Gasteiger partial charge in [0.1, 0.15) is 12.2 Å². The van der Waals surface area contributed by atoms with E-state index in [1.165, 1.54) is 11.8 Å². The highest BCUT2D eigenvalue weighted by atomic mass is 32.2. The summed E-state index contributed by atoms with van der Waals surface area (Å²) in [6.07, 6.45) is 0.754. The van der Waals surface area contributed by atoms with Gasteiger partial charge in [0, 0.05) is 0 Å². The maximum atomic E-state index is 9.52. The van der Waals surface area contributed by atoms with Crippen molar-refractivity contribution in [1.29, 1.82) is 0 Å². The molecular formula is C3H6O3S. The van der Waals surface area contributed by atoms with E-state index in [-0.39, 0.29) is 5.94 Å². The molecule has 0 aromatic carbocycles. The van der Waals surface area contributed by atoms with Crippen molar-refractivity contribution in [2.45, 2.75) is 0 Å². The minimum Gasteiger partial charge on any atom is -0.302 e. The average molecular weight is 122 g/mol. The van der Waals surface area contributed by atoms with Crippen molar-refractivity contribution in [1.82, 2.24) is 0 Å². The zero-order valence-electron chi connectivity index (χ0n) is 3.66. The molecule has 0 heterocycles. The number of thioether (sulfide) groups is 1. The van der Waals surface area contributed by atoms with Gasteiger partial charge in [0.15, 0.2) is 0 Å². The molecule has 0 aliphatic rings. The number of hydrogen-bond donors (Lipinski definition) is 1. The monoisotopic (exact) mass is 122 g/mol. The summed E-state index contributed by atoms with van der Waals surface area (Å²) in [6, 6.07) is 0. The molecule has 42 valence electrons. The van der Waals surface area contributed by atoms with Crippen molar-refractivity contribution in [2.24, 2.45) is 0 Å². The van der Waals surface area contributed by atoms with Crippen LogP contribution in [0, 0.1) is 0 Å². The maximum absolute atomic E-state index is 9.52. The summed E-state index contributed by atoms with van der Waals surface area (Å²) in [5.74, 6) is 0.541. The summed E-state index contributed by atoms with van der Waals surface area (Å²) in [5, 5.41) is 7.66. The first kappa shape index (κ1) is 6.94. The van der Waals surface area contributed by atoms with E-state index >= 15 is 0 Å². The quantitative estimate of drug-likeness (QED) is 0.192. The Hall–Kier alpha value is -0.0600. The molecule has 0 saturated heterocycles. The topological polar surface area (TPSA) is 46.5 Å². The zero-order chi connectivity index (χ0) is 5.54.